The quantitative estimate of drug-likeness (QED) is 0.805. The summed E-state index contributed by atoms with van der Waals surface area (Å²) in [4.78, 5) is 24.5. The van der Waals surface area contributed by atoms with Gasteiger partial charge in [-0.15, -0.1) is 11.8 Å². The van der Waals surface area contributed by atoms with Gasteiger partial charge in [0.25, 0.3) is 0 Å². The van der Waals surface area contributed by atoms with E-state index in [4.69, 9.17) is 9.47 Å². The van der Waals surface area contributed by atoms with Gasteiger partial charge in [0.2, 0.25) is 0 Å². The van der Waals surface area contributed by atoms with Crippen molar-refractivity contribution in [2.75, 3.05) is 12.9 Å². The van der Waals surface area contributed by atoms with Crippen molar-refractivity contribution in [2.24, 2.45) is 0 Å². The first-order valence-electron chi connectivity index (χ1n) is 7.17. The van der Waals surface area contributed by atoms with E-state index in [0.717, 1.165) is 10.5 Å². The van der Waals surface area contributed by atoms with Crippen molar-refractivity contribution in [3.63, 3.8) is 0 Å². The van der Waals surface area contributed by atoms with E-state index in [0.29, 0.717) is 5.75 Å². The van der Waals surface area contributed by atoms with Crippen LogP contribution in [-0.4, -0.2) is 36.6 Å². The van der Waals surface area contributed by atoms with Crippen LogP contribution in [-0.2, 0) is 14.3 Å². The third kappa shape index (κ3) is 7.23. The molecule has 6 heteroatoms. The molecule has 0 radical (unpaired) electrons. The van der Waals surface area contributed by atoms with Crippen molar-refractivity contribution in [1.29, 1.82) is 0 Å². The molecule has 0 unspecified atom stereocenters. The zero-order chi connectivity index (χ0) is 17.5. The van der Waals surface area contributed by atoms with Crippen LogP contribution in [0.2, 0.25) is 0 Å². The van der Waals surface area contributed by atoms with Gasteiger partial charge in [-0.05, 0) is 26.3 Å². The summed E-state index contributed by atoms with van der Waals surface area (Å²) in [6.45, 7) is 9.25. The fourth-order valence-electron chi connectivity index (χ4n) is 1.65. The Morgan fingerprint density at radius 3 is 2.39 bits per heavy atom. The Morgan fingerprint density at radius 1 is 1.26 bits per heavy atom. The fourth-order valence-corrected chi connectivity index (χ4v) is 2.54. The molecule has 0 bridgehead atoms. The van der Waals surface area contributed by atoms with Gasteiger partial charge in [0.15, 0.2) is 0 Å². The van der Waals surface area contributed by atoms with Gasteiger partial charge in [-0.2, -0.15) is 0 Å². The number of alkyl carbamates (subject to hydrolysis) is 1. The van der Waals surface area contributed by atoms with Gasteiger partial charge in [0.1, 0.15) is 11.6 Å². The van der Waals surface area contributed by atoms with Gasteiger partial charge in [-0.1, -0.05) is 36.9 Å². The first-order chi connectivity index (χ1) is 10.7. The molecule has 23 heavy (non-hydrogen) atoms. The zero-order valence-corrected chi connectivity index (χ0v) is 14.7. The summed E-state index contributed by atoms with van der Waals surface area (Å²) >= 11 is 1.38. The predicted octanol–water partition coefficient (Wildman–Crippen LogP) is 3.46. The molecule has 0 saturated carbocycles. The summed E-state index contributed by atoms with van der Waals surface area (Å²) in [6.07, 6.45) is -0.654. The first-order valence-corrected chi connectivity index (χ1v) is 8.16. The SMILES string of the molecule is C=C(SC[C@H](NC(=O)OC(C)(C)C)C(=O)OC)c1ccccc1. The predicted molar refractivity (Wildman–Crippen MR) is 93.1 cm³/mol. The maximum absolute atomic E-state index is 11.8. The third-order valence-corrected chi connectivity index (χ3v) is 3.78. The molecule has 1 aromatic rings. The average Bonchev–Trinajstić information content (AvgIpc) is 2.49. The molecule has 1 aromatic carbocycles. The van der Waals surface area contributed by atoms with E-state index in [1.807, 2.05) is 30.3 Å². The Bertz CT molecular complexity index is 551. The van der Waals surface area contributed by atoms with Crippen LogP contribution in [0.3, 0.4) is 0 Å². The topological polar surface area (TPSA) is 64.6 Å². The summed E-state index contributed by atoms with van der Waals surface area (Å²) in [7, 11) is 1.28. The number of esters is 1. The minimum Gasteiger partial charge on any atom is -0.467 e. The lowest BCUT2D eigenvalue weighted by molar-refractivity contribution is -0.142. The van der Waals surface area contributed by atoms with Gasteiger partial charge in [0.05, 0.1) is 7.11 Å². The summed E-state index contributed by atoms with van der Waals surface area (Å²) in [5.41, 5.74) is 0.337. The van der Waals surface area contributed by atoms with Gasteiger partial charge >= 0.3 is 12.1 Å². The lowest BCUT2D eigenvalue weighted by Crippen LogP contribution is -2.45. The molecular formula is C17H23NO4S. The summed E-state index contributed by atoms with van der Waals surface area (Å²) in [5, 5.41) is 2.53. The minimum atomic E-state index is -0.805. The molecule has 0 aromatic heterocycles. The van der Waals surface area contributed by atoms with E-state index >= 15 is 0 Å². The number of methoxy groups -OCH3 is 1. The molecule has 0 saturated heterocycles. The maximum Gasteiger partial charge on any atom is 0.408 e. The number of ether oxygens (including phenoxy) is 2. The number of amides is 1. The monoisotopic (exact) mass is 337 g/mol. The van der Waals surface area contributed by atoms with Gasteiger partial charge in [-0.25, -0.2) is 9.59 Å². The number of carbonyl (C=O) groups excluding carboxylic acids is 2. The van der Waals surface area contributed by atoms with Crippen molar-refractivity contribution in [1.82, 2.24) is 5.32 Å². The van der Waals surface area contributed by atoms with Crippen molar-refractivity contribution >= 4 is 28.7 Å². The maximum atomic E-state index is 11.8. The smallest absolute Gasteiger partial charge is 0.408 e. The molecule has 1 atom stereocenters. The van der Waals surface area contributed by atoms with Crippen molar-refractivity contribution < 1.29 is 19.1 Å². The van der Waals surface area contributed by atoms with E-state index in [2.05, 4.69) is 11.9 Å². The molecule has 0 aliphatic rings. The number of benzene rings is 1. The molecular weight excluding hydrogens is 314 g/mol. The molecule has 126 valence electrons. The number of thioether (sulfide) groups is 1. The van der Waals surface area contributed by atoms with Gasteiger partial charge < -0.3 is 14.8 Å². The van der Waals surface area contributed by atoms with Gasteiger partial charge in [0, 0.05) is 10.7 Å². The van der Waals surface area contributed by atoms with E-state index < -0.39 is 23.7 Å². The third-order valence-electron chi connectivity index (χ3n) is 2.70. The van der Waals surface area contributed by atoms with Crippen molar-refractivity contribution in [3.8, 4) is 0 Å². The summed E-state index contributed by atoms with van der Waals surface area (Å²) in [6, 6.07) is 8.81. The van der Waals surface area contributed by atoms with Crippen LogP contribution in [0.1, 0.15) is 26.3 Å². The highest BCUT2D eigenvalue weighted by Gasteiger charge is 2.25. The highest BCUT2D eigenvalue weighted by atomic mass is 32.2. The van der Waals surface area contributed by atoms with E-state index in [-0.39, 0.29) is 0 Å². The Labute approximate surface area is 141 Å². The number of nitrogens with one attached hydrogen (secondary N) is 1. The second kappa shape index (κ2) is 8.62. The molecule has 1 N–H and O–H groups in total. The molecule has 5 nitrogen and oxygen atoms in total. The Balaban J connectivity index is 2.63. The van der Waals surface area contributed by atoms with E-state index in [9.17, 15) is 9.59 Å². The van der Waals surface area contributed by atoms with E-state index in [1.165, 1.54) is 18.9 Å². The summed E-state index contributed by atoms with van der Waals surface area (Å²) in [5.74, 6) is -0.219. The normalized spacial score (nSPS) is 12.2. The van der Waals surface area contributed by atoms with Crippen LogP contribution in [0.5, 0.6) is 0 Å². The lowest BCUT2D eigenvalue weighted by Gasteiger charge is -2.22. The minimum absolute atomic E-state index is 0.305. The standard InChI is InChI=1S/C17H23NO4S/c1-12(13-9-7-6-8-10-13)23-11-14(15(19)21-5)18-16(20)22-17(2,3)4/h6-10,14H,1,11H2,2-5H3,(H,18,20)/t14-/m0/s1. The molecule has 0 aliphatic carbocycles. The number of carbonyl (C=O) groups is 2. The fraction of sp³-hybridized carbons (Fsp3) is 0.412. The number of hydrogen-bond acceptors (Lipinski definition) is 5. The molecule has 0 aliphatic heterocycles. The van der Waals surface area contributed by atoms with Crippen LogP contribution in [0.15, 0.2) is 36.9 Å². The van der Waals surface area contributed by atoms with Crippen molar-refractivity contribution in [3.05, 3.63) is 42.5 Å². The highest BCUT2D eigenvalue weighted by Crippen LogP contribution is 2.26. The zero-order valence-electron chi connectivity index (χ0n) is 13.9. The largest absolute Gasteiger partial charge is 0.467 e. The van der Waals surface area contributed by atoms with Crippen LogP contribution in [0.25, 0.3) is 4.91 Å². The van der Waals surface area contributed by atoms with Crippen LogP contribution >= 0.6 is 11.8 Å². The first kappa shape index (κ1) is 19.1. The summed E-state index contributed by atoms with van der Waals surface area (Å²) < 4.78 is 9.89. The van der Waals surface area contributed by atoms with Crippen LogP contribution in [0.4, 0.5) is 4.79 Å². The number of hydrogen-bond donors (Lipinski definition) is 1. The Kier molecular flexibility index (Phi) is 7.16. The lowest BCUT2D eigenvalue weighted by atomic mass is 10.2. The van der Waals surface area contributed by atoms with Crippen LogP contribution < -0.4 is 5.32 Å². The number of rotatable bonds is 6. The second-order valence-corrected chi connectivity index (χ2v) is 6.94. The Morgan fingerprint density at radius 2 is 1.87 bits per heavy atom. The van der Waals surface area contributed by atoms with Crippen LogP contribution in [0, 0.1) is 0 Å². The average molecular weight is 337 g/mol. The molecule has 0 spiro atoms. The molecule has 1 amide bonds. The molecule has 0 heterocycles. The van der Waals surface area contributed by atoms with E-state index in [1.54, 1.807) is 20.8 Å². The molecule has 1 rings (SSSR count). The molecule has 0 fully saturated rings. The van der Waals surface area contributed by atoms with Crippen molar-refractivity contribution in [2.45, 2.75) is 32.4 Å². The Hall–Kier alpha value is -1.95. The highest BCUT2D eigenvalue weighted by molar-refractivity contribution is 8.08. The second-order valence-electron chi connectivity index (χ2n) is 5.82. The van der Waals surface area contributed by atoms with Gasteiger partial charge in [-0.3, -0.25) is 0 Å².